The van der Waals surface area contributed by atoms with Crippen LogP contribution in [0, 0.1) is 0 Å². The molecule has 0 saturated heterocycles. The fourth-order valence-electron chi connectivity index (χ4n) is 2.73. The van der Waals surface area contributed by atoms with Crippen molar-refractivity contribution < 1.29 is 13.2 Å². The van der Waals surface area contributed by atoms with Crippen molar-refractivity contribution in [3.05, 3.63) is 92.6 Å². The highest BCUT2D eigenvalue weighted by Crippen LogP contribution is 2.25. The zero-order valence-corrected chi connectivity index (χ0v) is 20.0. The molecule has 0 atom stereocenters. The Morgan fingerprint density at radius 2 is 1.77 bits per heavy atom. The summed E-state index contributed by atoms with van der Waals surface area (Å²) in [6, 6.07) is 16.4. The summed E-state index contributed by atoms with van der Waals surface area (Å²) >= 11 is 15.3. The van der Waals surface area contributed by atoms with Crippen LogP contribution in [-0.2, 0) is 27.9 Å². The van der Waals surface area contributed by atoms with Crippen LogP contribution in [0.4, 0.5) is 0 Å². The molecule has 2 aromatic carbocycles. The third-order valence-corrected chi connectivity index (χ3v) is 7.38. The Bertz CT molecular complexity index is 1160. The van der Waals surface area contributed by atoms with E-state index in [-0.39, 0.29) is 24.5 Å². The molecule has 1 N–H and O–H groups in total. The molecule has 0 unspecified atom stereocenters. The molecule has 0 fully saturated rings. The zero-order valence-electron chi connectivity index (χ0n) is 16.1. The van der Waals surface area contributed by atoms with Crippen molar-refractivity contribution in [2.45, 2.75) is 18.0 Å². The summed E-state index contributed by atoms with van der Waals surface area (Å²) in [4.78, 5) is 16.8. The quantitative estimate of drug-likeness (QED) is 0.449. The molecule has 162 valence electrons. The van der Waals surface area contributed by atoms with Crippen LogP contribution in [0.5, 0.6) is 0 Å². The number of carbonyl (C=O) groups is 1. The van der Waals surface area contributed by atoms with E-state index in [1.165, 1.54) is 12.1 Å². The lowest BCUT2D eigenvalue weighted by molar-refractivity contribution is -0.121. The normalized spacial score (nSPS) is 11.5. The summed E-state index contributed by atoms with van der Waals surface area (Å²) < 4.78 is 28.4. The van der Waals surface area contributed by atoms with Gasteiger partial charge in [0, 0.05) is 17.2 Å². The number of carbonyl (C=O) groups excluding carboxylic acids is 1. The molecule has 0 aliphatic heterocycles. The summed E-state index contributed by atoms with van der Waals surface area (Å²) in [6.07, 6.45) is 1.62. The Kier molecular flexibility index (Phi) is 8.07. The lowest BCUT2D eigenvalue weighted by Crippen LogP contribution is -2.40. The van der Waals surface area contributed by atoms with Crippen LogP contribution < -0.4 is 5.32 Å². The minimum absolute atomic E-state index is 0.0493. The highest BCUT2D eigenvalue weighted by Gasteiger charge is 2.27. The molecule has 1 amide bonds. The van der Waals surface area contributed by atoms with Gasteiger partial charge in [0.05, 0.1) is 33.7 Å². The SMILES string of the molecule is O=C(CN(Cc1ccc(Cl)c(Cl)c1)S(=O)(=O)c1ccc(Br)cc1)NCc1ccccn1. The summed E-state index contributed by atoms with van der Waals surface area (Å²) in [5.74, 6) is -0.452. The second-order valence-electron chi connectivity index (χ2n) is 6.57. The van der Waals surface area contributed by atoms with E-state index in [9.17, 15) is 13.2 Å². The molecule has 10 heteroatoms. The maximum Gasteiger partial charge on any atom is 0.243 e. The van der Waals surface area contributed by atoms with Gasteiger partial charge in [-0.3, -0.25) is 9.78 Å². The molecular formula is C21H18BrCl2N3O3S. The van der Waals surface area contributed by atoms with Crippen LogP contribution in [0.2, 0.25) is 10.0 Å². The number of rotatable bonds is 8. The minimum atomic E-state index is -3.96. The largest absolute Gasteiger partial charge is 0.349 e. The van der Waals surface area contributed by atoms with Gasteiger partial charge in [0.15, 0.2) is 0 Å². The highest BCUT2D eigenvalue weighted by molar-refractivity contribution is 9.10. The zero-order chi connectivity index (χ0) is 22.4. The van der Waals surface area contributed by atoms with Gasteiger partial charge in [-0.15, -0.1) is 0 Å². The van der Waals surface area contributed by atoms with Gasteiger partial charge in [0.1, 0.15) is 0 Å². The molecule has 0 aliphatic rings. The van der Waals surface area contributed by atoms with Gasteiger partial charge < -0.3 is 5.32 Å². The van der Waals surface area contributed by atoms with Gasteiger partial charge in [-0.1, -0.05) is 51.3 Å². The van der Waals surface area contributed by atoms with Gasteiger partial charge in [0.2, 0.25) is 15.9 Å². The molecule has 3 aromatic rings. The van der Waals surface area contributed by atoms with Gasteiger partial charge in [0.25, 0.3) is 0 Å². The van der Waals surface area contributed by atoms with Crippen molar-refractivity contribution in [1.29, 1.82) is 0 Å². The first kappa shape index (κ1) is 23.7. The van der Waals surface area contributed by atoms with E-state index < -0.39 is 15.9 Å². The Morgan fingerprint density at radius 3 is 2.42 bits per heavy atom. The average Bonchev–Trinajstić information content (AvgIpc) is 2.75. The molecule has 0 saturated carbocycles. The van der Waals surface area contributed by atoms with E-state index in [1.54, 1.807) is 48.7 Å². The highest BCUT2D eigenvalue weighted by atomic mass is 79.9. The standard InChI is InChI=1S/C21H18BrCl2N3O3S/c22-16-5-7-18(8-6-16)31(29,30)27(13-15-4-9-19(23)20(24)11-15)14-21(28)26-12-17-3-1-2-10-25-17/h1-11H,12-14H2,(H,26,28). The second-order valence-corrected chi connectivity index (χ2v) is 10.2. The first-order chi connectivity index (χ1) is 14.8. The van der Waals surface area contributed by atoms with E-state index in [0.29, 0.717) is 21.3 Å². The maximum atomic E-state index is 13.3. The first-order valence-electron chi connectivity index (χ1n) is 9.12. The van der Waals surface area contributed by atoms with Crippen LogP contribution in [0.3, 0.4) is 0 Å². The maximum absolute atomic E-state index is 13.3. The average molecular weight is 543 g/mol. The van der Waals surface area contributed by atoms with Crippen molar-refractivity contribution in [2.24, 2.45) is 0 Å². The van der Waals surface area contributed by atoms with E-state index in [4.69, 9.17) is 23.2 Å². The lowest BCUT2D eigenvalue weighted by atomic mass is 10.2. The van der Waals surface area contributed by atoms with Crippen LogP contribution in [0.15, 0.2) is 76.2 Å². The number of halogens is 3. The predicted molar refractivity (Wildman–Crippen MR) is 124 cm³/mol. The molecule has 0 spiro atoms. The molecule has 1 heterocycles. The van der Waals surface area contributed by atoms with Crippen molar-refractivity contribution in [3.8, 4) is 0 Å². The first-order valence-corrected chi connectivity index (χ1v) is 12.1. The number of nitrogens with zero attached hydrogens (tertiary/aromatic N) is 2. The van der Waals surface area contributed by atoms with Crippen LogP contribution in [0.25, 0.3) is 0 Å². The molecule has 0 radical (unpaired) electrons. The van der Waals surface area contributed by atoms with Crippen LogP contribution in [-0.4, -0.2) is 30.2 Å². The molecule has 31 heavy (non-hydrogen) atoms. The molecular weight excluding hydrogens is 525 g/mol. The third kappa shape index (κ3) is 6.51. The fourth-order valence-corrected chi connectivity index (χ4v) is 4.70. The number of nitrogens with one attached hydrogen (secondary N) is 1. The number of aromatic nitrogens is 1. The Balaban J connectivity index is 1.83. The summed E-state index contributed by atoms with van der Waals surface area (Å²) in [6.45, 7) is -0.226. The summed E-state index contributed by atoms with van der Waals surface area (Å²) in [7, 11) is -3.96. The van der Waals surface area contributed by atoms with Gasteiger partial charge >= 0.3 is 0 Å². The van der Waals surface area contributed by atoms with Gasteiger partial charge in [-0.25, -0.2) is 8.42 Å². The van der Waals surface area contributed by atoms with E-state index in [0.717, 1.165) is 8.78 Å². The number of benzene rings is 2. The van der Waals surface area contributed by atoms with Crippen molar-refractivity contribution in [2.75, 3.05) is 6.54 Å². The molecule has 3 rings (SSSR count). The Labute approximate surface area is 199 Å². The lowest BCUT2D eigenvalue weighted by Gasteiger charge is -2.22. The van der Waals surface area contributed by atoms with Gasteiger partial charge in [-0.05, 0) is 54.1 Å². The summed E-state index contributed by atoms with van der Waals surface area (Å²) in [5.41, 5.74) is 1.27. The van der Waals surface area contributed by atoms with Crippen molar-refractivity contribution in [3.63, 3.8) is 0 Å². The van der Waals surface area contributed by atoms with Crippen molar-refractivity contribution in [1.82, 2.24) is 14.6 Å². The monoisotopic (exact) mass is 541 g/mol. The number of pyridine rings is 1. The van der Waals surface area contributed by atoms with Crippen LogP contribution in [0.1, 0.15) is 11.3 Å². The van der Waals surface area contributed by atoms with Crippen molar-refractivity contribution >= 4 is 55.1 Å². The fraction of sp³-hybridized carbons (Fsp3) is 0.143. The second kappa shape index (κ2) is 10.6. The predicted octanol–water partition coefficient (Wildman–Crippen LogP) is 4.66. The molecule has 0 bridgehead atoms. The topological polar surface area (TPSA) is 79.4 Å². The minimum Gasteiger partial charge on any atom is -0.349 e. The van der Waals surface area contributed by atoms with E-state index in [1.807, 2.05) is 6.07 Å². The molecule has 1 aromatic heterocycles. The summed E-state index contributed by atoms with van der Waals surface area (Å²) in [5, 5.41) is 3.37. The Hall–Kier alpha value is -1.97. The number of sulfonamides is 1. The number of hydrogen-bond acceptors (Lipinski definition) is 4. The number of amides is 1. The number of hydrogen-bond donors (Lipinski definition) is 1. The Morgan fingerprint density at radius 1 is 1.03 bits per heavy atom. The smallest absolute Gasteiger partial charge is 0.243 e. The third-order valence-electron chi connectivity index (χ3n) is 4.31. The van der Waals surface area contributed by atoms with E-state index in [2.05, 4.69) is 26.2 Å². The molecule has 0 aliphatic carbocycles. The van der Waals surface area contributed by atoms with E-state index >= 15 is 0 Å². The van der Waals surface area contributed by atoms with Gasteiger partial charge in [-0.2, -0.15) is 4.31 Å². The molecule has 6 nitrogen and oxygen atoms in total. The van der Waals surface area contributed by atoms with Crippen LogP contribution >= 0.6 is 39.1 Å².